The second-order valence-electron chi connectivity index (χ2n) is 3.26. The Kier molecular flexibility index (Phi) is 3.10. The van der Waals surface area contributed by atoms with E-state index in [1.54, 1.807) is 0 Å². The molecule has 17 heavy (non-hydrogen) atoms. The van der Waals surface area contributed by atoms with E-state index < -0.39 is 5.82 Å². The van der Waals surface area contributed by atoms with Crippen molar-refractivity contribution in [2.75, 3.05) is 12.8 Å². The van der Waals surface area contributed by atoms with Gasteiger partial charge in [0, 0.05) is 5.56 Å². The van der Waals surface area contributed by atoms with Crippen LogP contribution in [-0.2, 0) is 0 Å². The van der Waals surface area contributed by atoms with Crippen LogP contribution in [-0.4, -0.2) is 17.1 Å². The van der Waals surface area contributed by atoms with E-state index in [1.165, 1.54) is 31.6 Å². The zero-order chi connectivity index (χ0) is 12.4. The molecule has 0 atom stereocenters. The Balaban J connectivity index is 2.64. The molecule has 2 rings (SSSR count). The van der Waals surface area contributed by atoms with Crippen molar-refractivity contribution in [2.24, 2.45) is 0 Å². The number of rotatable bonds is 2. The van der Waals surface area contributed by atoms with Gasteiger partial charge in [0.05, 0.1) is 12.1 Å². The Morgan fingerprint density at radius 1 is 1.35 bits per heavy atom. The second-order valence-corrected chi connectivity index (χ2v) is 3.67. The van der Waals surface area contributed by atoms with Crippen molar-refractivity contribution in [3.8, 4) is 17.0 Å². The molecule has 4 nitrogen and oxygen atoms in total. The predicted molar refractivity (Wildman–Crippen MR) is 63.4 cm³/mol. The van der Waals surface area contributed by atoms with Crippen LogP contribution in [0.2, 0.25) is 5.02 Å². The van der Waals surface area contributed by atoms with Gasteiger partial charge in [-0.15, -0.1) is 0 Å². The van der Waals surface area contributed by atoms with E-state index in [0.717, 1.165) is 0 Å². The molecule has 1 heterocycles. The first-order valence-electron chi connectivity index (χ1n) is 4.73. The van der Waals surface area contributed by atoms with Crippen LogP contribution >= 0.6 is 11.6 Å². The average Bonchev–Trinajstić information content (AvgIpc) is 2.29. The summed E-state index contributed by atoms with van der Waals surface area (Å²) in [6.45, 7) is 0. The average molecular weight is 254 g/mol. The third-order valence-electron chi connectivity index (χ3n) is 2.22. The number of hydrogen-bond donors (Lipinski definition) is 1. The monoisotopic (exact) mass is 253 g/mol. The van der Waals surface area contributed by atoms with Gasteiger partial charge in [0.1, 0.15) is 17.8 Å². The highest BCUT2D eigenvalue weighted by molar-refractivity contribution is 6.33. The van der Waals surface area contributed by atoms with Crippen molar-refractivity contribution < 1.29 is 9.13 Å². The van der Waals surface area contributed by atoms with Gasteiger partial charge >= 0.3 is 0 Å². The number of benzene rings is 1. The van der Waals surface area contributed by atoms with Gasteiger partial charge in [-0.3, -0.25) is 0 Å². The van der Waals surface area contributed by atoms with Crippen molar-refractivity contribution >= 4 is 17.4 Å². The fraction of sp³-hybridized carbons (Fsp3) is 0.0909. The minimum atomic E-state index is -0.417. The summed E-state index contributed by atoms with van der Waals surface area (Å²) in [5.74, 6) is 0.110. The smallest absolute Gasteiger partial charge is 0.187 e. The maximum atomic E-state index is 13.0. The van der Waals surface area contributed by atoms with Gasteiger partial charge in [-0.25, -0.2) is 14.4 Å². The van der Waals surface area contributed by atoms with Crippen molar-refractivity contribution in [2.45, 2.75) is 0 Å². The number of ether oxygens (including phenoxy) is 1. The van der Waals surface area contributed by atoms with Crippen LogP contribution in [0, 0.1) is 5.82 Å². The summed E-state index contributed by atoms with van der Waals surface area (Å²) >= 11 is 5.95. The zero-order valence-electron chi connectivity index (χ0n) is 8.95. The molecule has 0 aliphatic carbocycles. The van der Waals surface area contributed by atoms with Gasteiger partial charge in [0.2, 0.25) is 0 Å². The molecule has 0 fully saturated rings. The van der Waals surface area contributed by atoms with Crippen LogP contribution in [0.25, 0.3) is 11.3 Å². The summed E-state index contributed by atoms with van der Waals surface area (Å²) in [5, 5.41) is 0.237. The molecule has 2 N–H and O–H groups in total. The molecule has 1 aromatic carbocycles. The van der Waals surface area contributed by atoms with E-state index in [9.17, 15) is 4.39 Å². The molecule has 0 unspecified atom stereocenters. The third-order valence-corrected chi connectivity index (χ3v) is 2.53. The number of aromatic nitrogens is 2. The summed E-state index contributed by atoms with van der Waals surface area (Å²) in [5.41, 5.74) is 6.63. The fourth-order valence-electron chi connectivity index (χ4n) is 1.46. The lowest BCUT2D eigenvalue weighted by atomic mass is 10.1. The normalized spacial score (nSPS) is 10.3. The molecule has 0 saturated heterocycles. The highest BCUT2D eigenvalue weighted by atomic mass is 35.5. The molecular formula is C11H9ClFN3O. The van der Waals surface area contributed by atoms with Crippen LogP contribution in [0.4, 0.5) is 10.2 Å². The lowest BCUT2D eigenvalue weighted by Crippen LogP contribution is -2.00. The fourth-order valence-corrected chi connectivity index (χ4v) is 1.72. The Labute approximate surface area is 102 Å². The topological polar surface area (TPSA) is 61.0 Å². The van der Waals surface area contributed by atoms with Crippen molar-refractivity contribution in [3.63, 3.8) is 0 Å². The van der Waals surface area contributed by atoms with Gasteiger partial charge in [0.15, 0.2) is 11.6 Å². The number of hydrogen-bond acceptors (Lipinski definition) is 4. The van der Waals surface area contributed by atoms with Gasteiger partial charge in [-0.05, 0) is 18.2 Å². The number of nitrogens with two attached hydrogens (primary N) is 1. The molecule has 0 saturated carbocycles. The van der Waals surface area contributed by atoms with E-state index in [2.05, 4.69) is 9.97 Å². The first-order valence-corrected chi connectivity index (χ1v) is 5.11. The van der Waals surface area contributed by atoms with Gasteiger partial charge < -0.3 is 10.5 Å². The number of halogens is 2. The third kappa shape index (κ3) is 2.14. The van der Waals surface area contributed by atoms with Crippen LogP contribution in [0.3, 0.4) is 0 Å². The van der Waals surface area contributed by atoms with Crippen molar-refractivity contribution in [1.82, 2.24) is 9.97 Å². The molecule has 0 bridgehead atoms. The SMILES string of the molecule is COc1c(N)ncnc1-c1ccc(F)cc1Cl. The molecule has 0 aliphatic rings. The van der Waals surface area contributed by atoms with Crippen LogP contribution < -0.4 is 10.5 Å². The number of nitrogens with zero attached hydrogens (tertiary/aromatic N) is 2. The number of nitrogen functional groups attached to an aromatic ring is 1. The maximum Gasteiger partial charge on any atom is 0.187 e. The van der Waals surface area contributed by atoms with E-state index in [4.69, 9.17) is 22.1 Å². The molecular weight excluding hydrogens is 245 g/mol. The molecule has 2 aromatic rings. The van der Waals surface area contributed by atoms with E-state index in [0.29, 0.717) is 17.0 Å². The van der Waals surface area contributed by atoms with E-state index in [-0.39, 0.29) is 10.8 Å². The minimum Gasteiger partial charge on any atom is -0.491 e. The molecule has 88 valence electrons. The Morgan fingerprint density at radius 3 is 2.76 bits per heavy atom. The molecule has 1 aromatic heterocycles. The molecule has 0 radical (unpaired) electrons. The highest BCUT2D eigenvalue weighted by Gasteiger charge is 2.14. The zero-order valence-corrected chi connectivity index (χ0v) is 9.70. The summed E-state index contributed by atoms with van der Waals surface area (Å²) in [6, 6.07) is 4.01. The van der Waals surface area contributed by atoms with Crippen LogP contribution in [0.1, 0.15) is 0 Å². The van der Waals surface area contributed by atoms with Gasteiger partial charge in [-0.2, -0.15) is 0 Å². The standard InChI is InChI=1S/C11H9ClFN3O/c1-17-10-9(15-5-16-11(10)14)7-3-2-6(13)4-8(7)12/h2-5H,1H3,(H2,14,15,16). The largest absolute Gasteiger partial charge is 0.491 e. The van der Waals surface area contributed by atoms with E-state index >= 15 is 0 Å². The first kappa shape index (κ1) is 11.6. The lowest BCUT2D eigenvalue weighted by molar-refractivity contribution is 0.415. The number of methoxy groups -OCH3 is 1. The molecule has 6 heteroatoms. The summed E-state index contributed by atoms with van der Waals surface area (Å²) in [4.78, 5) is 7.86. The summed E-state index contributed by atoms with van der Waals surface area (Å²) in [6.07, 6.45) is 1.30. The van der Waals surface area contributed by atoms with Crippen molar-refractivity contribution in [3.05, 3.63) is 35.4 Å². The van der Waals surface area contributed by atoms with Crippen molar-refractivity contribution in [1.29, 1.82) is 0 Å². The number of anilines is 1. The predicted octanol–water partition coefficient (Wildman–Crippen LogP) is 2.53. The van der Waals surface area contributed by atoms with Crippen LogP contribution in [0.15, 0.2) is 24.5 Å². The second kappa shape index (κ2) is 4.55. The van der Waals surface area contributed by atoms with Crippen LogP contribution in [0.5, 0.6) is 5.75 Å². The first-order chi connectivity index (χ1) is 8.13. The quantitative estimate of drug-likeness (QED) is 0.893. The molecule has 0 amide bonds. The van der Waals surface area contributed by atoms with Gasteiger partial charge in [0.25, 0.3) is 0 Å². The Bertz CT molecular complexity index is 562. The Hall–Kier alpha value is -1.88. The summed E-state index contributed by atoms with van der Waals surface area (Å²) < 4.78 is 18.1. The maximum absolute atomic E-state index is 13.0. The minimum absolute atomic E-state index is 0.206. The molecule has 0 spiro atoms. The van der Waals surface area contributed by atoms with E-state index in [1.807, 2.05) is 0 Å². The highest BCUT2D eigenvalue weighted by Crippen LogP contribution is 2.35. The lowest BCUT2D eigenvalue weighted by Gasteiger charge is -2.10. The van der Waals surface area contributed by atoms with Gasteiger partial charge in [-0.1, -0.05) is 11.6 Å². The molecule has 0 aliphatic heterocycles. The summed E-state index contributed by atoms with van der Waals surface area (Å²) in [7, 11) is 1.45. The Morgan fingerprint density at radius 2 is 2.12 bits per heavy atom.